The second kappa shape index (κ2) is 7.14. The molecule has 1 aliphatic rings. The Morgan fingerprint density at radius 2 is 2.04 bits per heavy atom. The highest BCUT2D eigenvalue weighted by Crippen LogP contribution is 2.28. The highest BCUT2D eigenvalue weighted by atomic mass is 19.1. The number of hydrogen-bond donors (Lipinski definition) is 1. The molecular weight excluding hydrogens is 305 g/mol. The van der Waals surface area contributed by atoms with Crippen molar-refractivity contribution in [1.29, 1.82) is 5.26 Å². The Morgan fingerprint density at radius 1 is 1.25 bits per heavy atom. The zero-order valence-corrected chi connectivity index (χ0v) is 13.2. The topological polar surface area (TPSA) is 56.1 Å². The van der Waals surface area contributed by atoms with Gasteiger partial charge in [0.25, 0.3) is 0 Å². The molecular formula is C19H18FN3O. The van der Waals surface area contributed by atoms with Crippen LogP contribution in [0.3, 0.4) is 0 Å². The van der Waals surface area contributed by atoms with Crippen molar-refractivity contribution in [2.75, 3.05) is 0 Å². The Kier molecular flexibility index (Phi) is 4.76. The van der Waals surface area contributed by atoms with E-state index in [1.54, 1.807) is 41.3 Å². The number of carbonyl (C=O) groups excluding carboxylic acids is 1. The van der Waals surface area contributed by atoms with Crippen molar-refractivity contribution in [1.82, 2.24) is 10.2 Å². The second-order valence-corrected chi connectivity index (χ2v) is 5.92. The van der Waals surface area contributed by atoms with E-state index >= 15 is 0 Å². The van der Waals surface area contributed by atoms with Gasteiger partial charge in [0.2, 0.25) is 0 Å². The maximum Gasteiger partial charge on any atom is 0.318 e. The number of nitrogens with one attached hydrogen (secondary N) is 1. The molecule has 0 spiro atoms. The average molecular weight is 323 g/mol. The van der Waals surface area contributed by atoms with Crippen LogP contribution in [0.1, 0.15) is 29.5 Å². The van der Waals surface area contributed by atoms with Crippen molar-refractivity contribution in [3.63, 3.8) is 0 Å². The summed E-state index contributed by atoms with van der Waals surface area (Å²) in [5, 5.41) is 11.8. The van der Waals surface area contributed by atoms with Crippen LogP contribution in [0.25, 0.3) is 0 Å². The largest absolute Gasteiger partial charge is 0.334 e. The molecule has 122 valence electrons. The fourth-order valence-corrected chi connectivity index (χ4v) is 2.59. The Hall–Kier alpha value is -2.87. The summed E-state index contributed by atoms with van der Waals surface area (Å²) in [6.07, 6.45) is 1.90. The highest BCUT2D eigenvalue weighted by Gasteiger charge is 2.32. The van der Waals surface area contributed by atoms with Crippen LogP contribution in [0.15, 0.2) is 48.5 Å². The number of nitriles is 1. The lowest BCUT2D eigenvalue weighted by Crippen LogP contribution is -2.40. The number of hydrogen-bond acceptors (Lipinski definition) is 2. The smallest absolute Gasteiger partial charge is 0.318 e. The number of urea groups is 1. The molecule has 3 rings (SSSR count). The van der Waals surface area contributed by atoms with Crippen molar-refractivity contribution in [2.24, 2.45) is 0 Å². The van der Waals surface area contributed by atoms with E-state index in [2.05, 4.69) is 11.4 Å². The van der Waals surface area contributed by atoms with Crippen molar-refractivity contribution in [2.45, 2.75) is 32.0 Å². The van der Waals surface area contributed by atoms with E-state index in [-0.39, 0.29) is 24.4 Å². The third-order valence-electron chi connectivity index (χ3n) is 4.05. The Labute approximate surface area is 140 Å². The molecule has 4 nitrogen and oxygen atoms in total. The number of nitrogens with zero attached hydrogens (tertiary/aromatic N) is 2. The minimum Gasteiger partial charge on any atom is -0.334 e. The summed E-state index contributed by atoms with van der Waals surface area (Å²) in [4.78, 5) is 14.2. The van der Waals surface area contributed by atoms with Crippen LogP contribution < -0.4 is 5.32 Å². The predicted octanol–water partition coefficient (Wildman–Crippen LogP) is 3.57. The Bertz CT molecular complexity index is 780. The Morgan fingerprint density at radius 3 is 2.75 bits per heavy atom. The average Bonchev–Trinajstić information content (AvgIpc) is 3.44. The van der Waals surface area contributed by atoms with Crippen molar-refractivity contribution >= 4 is 6.03 Å². The lowest BCUT2D eigenvalue weighted by Gasteiger charge is -2.23. The minimum atomic E-state index is -0.294. The molecule has 0 atom stereocenters. The van der Waals surface area contributed by atoms with Gasteiger partial charge in [-0.25, -0.2) is 9.18 Å². The number of carbonyl (C=O) groups is 1. The van der Waals surface area contributed by atoms with E-state index in [9.17, 15) is 9.18 Å². The molecule has 0 radical (unpaired) electrons. The molecule has 24 heavy (non-hydrogen) atoms. The first-order valence-electron chi connectivity index (χ1n) is 7.94. The van der Waals surface area contributed by atoms with E-state index in [0.717, 1.165) is 18.4 Å². The Balaban J connectivity index is 1.65. The zero-order chi connectivity index (χ0) is 16.9. The van der Waals surface area contributed by atoms with Crippen LogP contribution in [0.5, 0.6) is 0 Å². The van der Waals surface area contributed by atoms with Gasteiger partial charge in [0.05, 0.1) is 18.2 Å². The number of amides is 2. The molecule has 1 aliphatic carbocycles. The summed E-state index contributed by atoms with van der Waals surface area (Å²) in [7, 11) is 0. The molecule has 1 fully saturated rings. The van der Waals surface area contributed by atoms with Gasteiger partial charge in [-0.15, -0.1) is 0 Å². The predicted molar refractivity (Wildman–Crippen MR) is 88.4 cm³/mol. The van der Waals surface area contributed by atoms with Gasteiger partial charge in [-0.3, -0.25) is 0 Å². The van der Waals surface area contributed by atoms with Gasteiger partial charge in [0, 0.05) is 18.2 Å². The lowest BCUT2D eigenvalue weighted by molar-refractivity contribution is 0.191. The van der Waals surface area contributed by atoms with Crippen molar-refractivity contribution < 1.29 is 9.18 Å². The summed E-state index contributed by atoms with van der Waals surface area (Å²) in [6.45, 7) is 0.607. The minimum absolute atomic E-state index is 0.176. The van der Waals surface area contributed by atoms with Crippen LogP contribution >= 0.6 is 0 Å². The highest BCUT2D eigenvalue weighted by molar-refractivity contribution is 5.75. The molecule has 5 heteroatoms. The van der Waals surface area contributed by atoms with Crippen LogP contribution in [0.4, 0.5) is 9.18 Å². The first-order valence-corrected chi connectivity index (χ1v) is 7.94. The molecule has 2 amide bonds. The molecule has 0 bridgehead atoms. The molecule has 1 N–H and O–H groups in total. The number of rotatable bonds is 5. The van der Waals surface area contributed by atoms with Gasteiger partial charge >= 0.3 is 6.03 Å². The molecule has 0 saturated heterocycles. The monoisotopic (exact) mass is 323 g/mol. The molecule has 1 saturated carbocycles. The second-order valence-electron chi connectivity index (χ2n) is 5.92. The number of halogens is 1. The summed E-state index contributed by atoms with van der Waals surface area (Å²) < 4.78 is 13.8. The first-order chi connectivity index (χ1) is 11.7. The van der Waals surface area contributed by atoms with Gasteiger partial charge < -0.3 is 10.2 Å². The summed E-state index contributed by atoms with van der Waals surface area (Å²) in [5.41, 5.74) is 1.95. The van der Waals surface area contributed by atoms with Gasteiger partial charge in [0.15, 0.2) is 0 Å². The quantitative estimate of drug-likeness (QED) is 0.914. The van der Waals surface area contributed by atoms with E-state index in [0.29, 0.717) is 17.7 Å². The van der Waals surface area contributed by atoms with E-state index in [1.807, 2.05) is 6.07 Å². The van der Waals surface area contributed by atoms with E-state index in [1.165, 1.54) is 6.07 Å². The third-order valence-corrected chi connectivity index (χ3v) is 4.05. The van der Waals surface area contributed by atoms with Gasteiger partial charge in [0.1, 0.15) is 5.82 Å². The third kappa shape index (κ3) is 3.90. The molecule has 2 aromatic rings. The summed E-state index contributed by atoms with van der Waals surface area (Å²) in [6, 6.07) is 15.7. The van der Waals surface area contributed by atoms with Crippen LogP contribution in [-0.2, 0) is 13.1 Å². The first kappa shape index (κ1) is 16.0. The van der Waals surface area contributed by atoms with Crippen molar-refractivity contribution in [3.05, 3.63) is 71.0 Å². The zero-order valence-electron chi connectivity index (χ0n) is 13.2. The van der Waals surface area contributed by atoms with E-state index in [4.69, 9.17) is 5.26 Å². The number of benzene rings is 2. The molecule has 0 unspecified atom stereocenters. The molecule has 0 heterocycles. The fraction of sp³-hybridized carbons (Fsp3) is 0.263. The fourth-order valence-electron chi connectivity index (χ4n) is 2.59. The molecule has 2 aromatic carbocycles. The maximum atomic E-state index is 13.8. The normalized spacial score (nSPS) is 13.2. The van der Waals surface area contributed by atoms with Crippen LogP contribution in [0, 0.1) is 17.1 Å². The SMILES string of the molecule is N#Cc1cccc(CNC(=O)N(Cc2ccccc2F)C2CC2)c1. The van der Waals surface area contributed by atoms with Gasteiger partial charge in [-0.05, 0) is 36.6 Å². The van der Waals surface area contributed by atoms with E-state index < -0.39 is 0 Å². The molecule has 0 aliphatic heterocycles. The lowest BCUT2D eigenvalue weighted by atomic mass is 10.1. The van der Waals surface area contributed by atoms with Crippen LogP contribution in [-0.4, -0.2) is 17.0 Å². The molecule has 0 aromatic heterocycles. The standard InChI is InChI=1S/C19H18FN3O/c20-18-7-2-1-6-16(18)13-23(17-8-9-17)19(24)22-12-15-5-3-4-14(10-15)11-21/h1-7,10,17H,8-9,12-13H2,(H,22,24). The van der Waals surface area contributed by atoms with Crippen LogP contribution in [0.2, 0.25) is 0 Å². The van der Waals surface area contributed by atoms with Gasteiger partial charge in [-0.2, -0.15) is 5.26 Å². The maximum absolute atomic E-state index is 13.8. The summed E-state index contributed by atoms with van der Waals surface area (Å²) in [5.74, 6) is -0.294. The van der Waals surface area contributed by atoms with Gasteiger partial charge in [-0.1, -0.05) is 30.3 Å². The van der Waals surface area contributed by atoms with Crippen molar-refractivity contribution in [3.8, 4) is 6.07 Å². The summed E-state index contributed by atoms with van der Waals surface area (Å²) >= 11 is 0.